The Labute approximate surface area is 321 Å². The predicted octanol–water partition coefficient (Wildman–Crippen LogP) is 4.38. The van der Waals surface area contributed by atoms with Crippen LogP contribution in [0.4, 0.5) is 0 Å². The van der Waals surface area contributed by atoms with Gasteiger partial charge >= 0.3 is 0 Å². The lowest BCUT2D eigenvalue weighted by Gasteiger charge is -2.38. The number of nitrogens with zero attached hydrogens (tertiary/aromatic N) is 2. The van der Waals surface area contributed by atoms with Crippen molar-refractivity contribution < 1.29 is 28.8 Å². The predicted molar refractivity (Wildman–Crippen MR) is 209 cm³/mol. The van der Waals surface area contributed by atoms with Gasteiger partial charge in [0.05, 0.1) is 6.04 Å². The minimum atomic E-state index is -1.03. The van der Waals surface area contributed by atoms with E-state index in [0.29, 0.717) is 19.4 Å². The summed E-state index contributed by atoms with van der Waals surface area (Å²) >= 11 is 0. The molecular weight excluding hydrogens is 686 g/mol. The molecule has 5 N–H and O–H groups in total. The van der Waals surface area contributed by atoms with Crippen LogP contribution in [0, 0.1) is 34.0 Å². The summed E-state index contributed by atoms with van der Waals surface area (Å²) in [5.41, 5.74) is -0.862. The highest BCUT2D eigenvalue weighted by atomic mass is 16.2. The van der Waals surface area contributed by atoms with Gasteiger partial charge in [-0.15, -0.1) is 0 Å². The molecule has 54 heavy (non-hydrogen) atoms. The van der Waals surface area contributed by atoms with Crippen LogP contribution in [0.2, 0.25) is 0 Å². The van der Waals surface area contributed by atoms with Crippen LogP contribution in [-0.4, -0.2) is 88.9 Å². The quantitative estimate of drug-likeness (QED) is 0.115. The molecule has 5 amide bonds. The second-order valence-corrected chi connectivity index (χ2v) is 18.2. The largest absolute Gasteiger partial charge is 0.347 e. The van der Waals surface area contributed by atoms with Crippen LogP contribution in [0.15, 0.2) is 17.3 Å². The molecule has 0 spiro atoms. The Morgan fingerprint density at radius 2 is 1.54 bits per heavy atom. The highest BCUT2D eigenvalue weighted by molar-refractivity contribution is 6.60. The molecule has 6 atom stereocenters. The number of likely N-dealkylation sites (tertiary alicyclic amines) is 1. The summed E-state index contributed by atoms with van der Waals surface area (Å²) in [5.74, 6) is -3.52. The van der Waals surface area contributed by atoms with Gasteiger partial charge in [0.25, 0.3) is 11.8 Å². The van der Waals surface area contributed by atoms with Gasteiger partial charge in [0.15, 0.2) is 0 Å². The first-order chi connectivity index (χ1) is 25.4. The molecule has 4 fully saturated rings. The molecule has 4 aliphatic rings. The summed E-state index contributed by atoms with van der Waals surface area (Å²) < 4.78 is 0. The zero-order chi connectivity index (χ0) is 39.8. The molecule has 1 aliphatic heterocycles. The van der Waals surface area contributed by atoms with Crippen molar-refractivity contribution in [1.82, 2.24) is 26.2 Å². The van der Waals surface area contributed by atoms with Crippen molar-refractivity contribution in [1.29, 1.82) is 5.41 Å². The number of Topliss-reactive ketones (excluding diaryl/α,β-unsaturated/α-hetero) is 1. The molecule has 0 aromatic carbocycles. The summed E-state index contributed by atoms with van der Waals surface area (Å²) in [7, 11) is 0. The van der Waals surface area contributed by atoms with E-state index in [1.165, 1.54) is 6.20 Å². The highest BCUT2D eigenvalue weighted by Gasteiger charge is 2.52. The average molecular weight is 752 g/mol. The van der Waals surface area contributed by atoms with E-state index < -0.39 is 64.9 Å². The van der Waals surface area contributed by atoms with E-state index in [1.54, 1.807) is 4.90 Å². The van der Waals surface area contributed by atoms with E-state index in [-0.39, 0.29) is 34.9 Å². The van der Waals surface area contributed by atoms with Crippen LogP contribution in [0.3, 0.4) is 0 Å². The first kappa shape index (κ1) is 42.8. The van der Waals surface area contributed by atoms with Crippen molar-refractivity contribution >= 4 is 47.2 Å². The molecule has 0 aromatic rings. The van der Waals surface area contributed by atoms with E-state index in [2.05, 4.69) is 47.0 Å². The van der Waals surface area contributed by atoms with Crippen molar-refractivity contribution in [3.8, 4) is 0 Å². The number of hydrogen-bond acceptors (Lipinski definition) is 8. The Morgan fingerprint density at radius 1 is 0.852 bits per heavy atom. The third-order valence-corrected chi connectivity index (χ3v) is 11.3. The first-order valence-electron chi connectivity index (χ1n) is 20.2. The molecule has 0 radical (unpaired) electrons. The van der Waals surface area contributed by atoms with Crippen molar-refractivity contribution in [2.45, 2.75) is 162 Å². The van der Waals surface area contributed by atoms with Crippen molar-refractivity contribution in [2.24, 2.45) is 33.6 Å². The van der Waals surface area contributed by atoms with Gasteiger partial charge < -0.3 is 31.6 Å². The molecule has 0 unspecified atom stereocenters. The zero-order valence-electron chi connectivity index (χ0n) is 33.6. The van der Waals surface area contributed by atoms with Gasteiger partial charge in [-0.05, 0) is 80.0 Å². The number of carbonyl (C=O) groups is 6. The summed E-state index contributed by atoms with van der Waals surface area (Å²) in [6, 6.07) is -3.84. The summed E-state index contributed by atoms with van der Waals surface area (Å²) in [5, 5.41) is 19.3. The van der Waals surface area contributed by atoms with E-state index in [4.69, 9.17) is 5.41 Å². The van der Waals surface area contributed by atoms with Gasteiger partial charge in [-0.3, -0.25) is 28.8 Å². The number of nitrogens with one attached hydrogen (secondary N) is 5. The molecule has 1 saturated heterocycles. The maximum Gasteiger partial charge on any atom is 0.289 e. The lowest BCUT2D eigenvalue weighted by atomic mass is 9.82. The smallest absolute Gasteiger partial charge is 0.289 e. The van der Waals surface area contributed by atoms with Crippen LogP contribution in [0.1, 0.15) is 132 Å². The lowest BCUT2D eigenvalue weighted by molar-refractivity contribution is -0.146. The standard InChI is InChI=1S/C41H65N7O6/c1-8-14-29(33(49)38(53)44-27-19-20-27)45-37(52)32-28-18-12-17-26(28)24-48(32)39(54)34(41(5,6)7)47-36(51)31(25-15-10-9-11-16-25)46-35(50)30(23-42)43-22-13-21-40(2,3)4/h13,22-23,25-29,31-32,34,42H,8-12,14-21,24H2,1-7H3,(H,44,53)(H,45,52)(H,46,50)(H,47,51)/b22-13-,42-23?,43-30+/t26-,28-,29+,31-,32-,34+/m0/s1. The second-order valence-electron chi connectivity index (χ2n) is 18.2. The van der Waals surface area contributed by atoms with Crippen LogP contribution in [0.5, 0.6) is 0 Å². The number of aliphatic imine (C=N–C) groups is 1. The number of fused-ring (bicyclic) bond motifs is 1. The van der Waals surface area contributed by atoms with Crippen LogP contribution < -0.4 is 21.3 Å². The maximum absolute atomic E-state index is 14.7. The monoisotopic (exact) mass is 751 g/mol. The van der Waals surface area contributed by atoms with Crippen LogP contribution in [0.25, 0.3) is 0 Å². The van der Waals surface area contributed by atoms with Gasteiger partial charge in [0.2, 0.25) is 23.5 Å². The number of ketones is 1. The molecule has 0 bridgehead atoms. The van der Waals surface area contributed by atoms with E-state index in [9.17, 15) is 28.8 Å². The minimum absolute atomic E-state index is 0.00363. The van der Waals surface area contributed by atoms with E-state index in [0.717, 1.165) is 76.8 Å². The Bertz CT molecular complexity index is 1470. The number of hydrogen-bond donors (Lipinski definition) is 5. The summed E-state index contributed by atoms with van der Waals surface area (Å²) in [6.07, 6.45) is 14.3. The van der Waals surface area contributed by atoms with Gasteiger partial charge in [0, 0.05) is 25.0 Å². The average Bonchev–Trinajstić information content (AvgIpc) is 3.68. The maximum atomic E-state index is 14.7. The molecule has 0 aromatic heterocycles. The summed E-state index contributed by atoms with van der Waals surface area (Å²) in [6.45, 7) is 14.1. The number of allylic oxidation sites excluding steroid dienone is 1. The minimum Gasteiger partial charge on any atom is -0.347 e. The topological polar surface area (TPSA) is 190 Å². The normalized spacial score (nSPS) is 23.9. The molecule has 300 valence electrons. The fourth-order valence-electron chi connectivity index (χ4n) is 8.15. The Hall–Kier alpha value is -3.90. The lowest BCUT2D eigenvalue weighted by Crippen LogP contribution is -2.62. The molecule has 3 aliphatic carbocycles. The fourth-order valence-corrected chi connectivity index (χ4v) is 8.15. The third kappa shape index (κ3) is 11.6. The summed E-state index contributed by atoms with van der Waals surface area (Å²) in [4.78, 5) is 88.3. The van der Waals surface area contributed by atoms with Crippen molar-refractivity contribution in [3.05, 3.63) is 12.3 Å². The Kier molecular flexibility index (Phi) is 14.8. The fraction of sp³-hybridized carbons (Fsp3) is 0.756. The van der Waals surface area contributed by atoms with Gasteiger partial charge in [0.1, 0.15) is 23.8 Å². The zero-order valence-corrected chi connectivity index (χ0v) is 33.6. The first-order valence-corrected chi connectivity index (χ1v) is 20.2. The van der Waals surface area contributed by atoms with E-state index in [1.807, 2.05) is 33.8 Å². The molecule has 4 rings (SSSR count). The second kappa shape index (κ2) is 18.6. The molecule has 13 heteroatoms. The Morgan fingerprint density at radius 3 is 2.13 bits per heavy atom. The van der Waals surface area contributed by atoms with Crippen LogP contribution >= 0.6 is 0 Å². The van der Waals surface area contributed by atoms with Gasteiger partial charge in [-0.25, -0.2) is 4.99 Å². The molecule has 1 heterocycles. The third-order valence-electron chi connectivity index (χ3n) is 11.3. The van der Waals surface area contributed by atoms with Crippen molar-refractivity contribution in [2.75, 3.05) is 6.54 Å². The van der Waals surface area contributed by atoms with Crippen molar-refractivity contribution in [3.63, 3.8) is 0 Å². The number of carbonyl (C=O) groups excluding carboxylic acids is 6. The highest BCUT2D eigenvalue weighted by Crippen LogP contribution is 2.43. The van der Waals surface area contributed by atoms with Crippen LogP contribution in [-0.2, 0) is 28.8 Å². The van der Waals surface area contributed by atoms with Gasteiger partial charge in [-0.1, -0.05) is 86.6 Å². The molecule has 3 saturated carbocycles. The number of amides is 5. The van der Waals surface area contributed by atoms with E-state index >= 15 is 0 Å². The molecular formula is C41H65N7O6. The molecule has 13 nitrogen and oxygen atoms in total. The van der Waals surface area contributed by atoms with Gasteiger partial charge in [-0.2, -0.15) is 0 Å². The SMILES string of the molecule is CCC[C@@H](NC(=O)[C@@H]1[C@H]2CCC[C@H]2CN1C(=O)[C@@H](NC(=O)[C@@H](NC(=O)/C(C=N)=N/C=C\CC(C)(C)C)C1CCCCC1)C(C)(C)C)C(=O)C(=O)NC1CC1. The number of rotatable bonds is 16. The Balaban J connectivity index is 1.56.